The Morgan fingerprint density at radius 2 is 1.83 bits per heavy atom. The highest BCUT2D eigenvalue weighted by Gasteiger charge is 2.56. The Kier molecular flexibility index (Phi) is 5.43. The Labute approximate surface area is 143 Å². The molecule has 6 atom stereocenters. The molecule has 3 fully saturated rings. The van der Waals surface area contributed by atoms with Crippen molar-refractivity contribution < 1.29 is 9.84 Å². The average molecular weight is 323 g/mol. The first-order valence-corrected chi connectivity index (χ1v) is 10.3. The highest BCUT2D eigenvalue weighted by molar-refractivity contribution is 5.05. The second-order valence-corrected chi connectivity index (χ2v) is 9.33. The molecule has 0 aromatic rings. The lowest BCUT2D eigenvalue weighted by molar-refractivity contribution is -0.0236. The lowest BCUT2D eigenvalue weighted by Crippen LogP contribution is -2.38. The van der Waals surface area contributed by atoms with E-state index >= 15 is 0 Å². The third-order valence-corrected chi connectivity index (χ3v) is 7.10. The van der Waals surface area contributed by atoms with Crippen molar-refractivity contribution in [3.8, 4) is 0 Å². The highest BCUT2D eigenvalue weighted by Crippen LogP contribution is 2.54. The SMILES string of the molecule is CCCCCCC(C1CCCC(C)(O)C1)C1CCC2OC2(C)C1. The van der Waals surface area contributed by atoms with Crippen molar-refractivity contribution in [2.45, 2.75) is 115 Å². The molecule has 1 N–H and O–H groups in total. The van der Waals surface area contributed by atoms with Crippen molar-refractivity contribution in [3.63, 3.8) is 0 Å². The molecule has 3 rings (SSSR count). The number of ether oxygens (including phenoxy) is 1. The second-order valence-electron chi connectivity index (χ2n) is 9.33. The number of epoxide rings is 1. The fourth-order valence-corrected chi connectivity index (χ4v) is 5.73. The highest BCUT2D eigenvalue weighted by atomic mass is 16.6. The summed E-state index contributed by atoms with van der Waals surface area (Å²) >= 11 is 0. The summed E-state index contributed by atoms with van der Waals surface area (Å²) < 4.78 is 5.97. The summed E-state index contributed by atoms with van der Waals surface area (Å²) in [4.78, 5) is 0. The first kappa shape index (κ1) is 17.7. The van der Waals surface area contributed by atoms with Gasteiger partial charge in [0.05, 0.1) is 17.3 Å². The summed E-state index contributed by atoms with van der Waals surface area (Å²) in [5, 5.41) is 10.6. The van der Waals surface area contributed by atoms with E-state index in [0.29, 0.717) is 6.10 Å². The van der Waals surface area contributed by atoms with Gasteiger partial charge in [0, 0.05) is 0 Å². The molecule has 1 heterocycles. The Hall–Kier alpha value is -0.0800. The van der Waals surface area contributed by atoms with Gasteiger partial charge in [-0.25, -0.2) is 0 Å². The van der Waals surface area contributed by atoms with Crippen molar-refractivity contribution in [2.24, 2.45) is 17.8 Å². The van der Waals surface area contributed by atoms with Crippen LogP contribution in [0, 0.1) is 17.8 Å². The lowest BCUT2D eigenvalue weighted by Gasteiger charge is -2.42. The molecule has 1 aliphatic heterocycles. The quantitative estimate of drug-likeness (QED) is 0.498. The van der Waals surface area contributed by atoms with Crippen LogP contribution in [0.3, 0.4) is 0 Å². The van der Waals surface area contributed by atoms with Crippen molar-refractivity contribution in [2.75, 3.05) is 0 Å². The van der Waals surface area contributed by atoms with Crippen LogP contribution < -0.4 is 0 Å². The van der Waals surface area contributed by atoms with E-state index in [0.717, 1.165) is 30.6 Å². The summed E-state index contributed by atoms with van der Waals surface area (Å²) in [6, 6.07) is 0. The fourth-order valence-electron chi connectivity index (χ4n) is 5.73. The Bertz CT molecular complexity index is 383. The molecule has 2 nitrogen and oxygen atoms in total. The molecule has 2 aliphatic carbocycles. The standard InChI is InChI=1S/C21H38O2/c1-4-5-6-7-10-18(16-9-8-13-20(2,22)14-16)17-11-12-19-21(3,15-17)23-19/h16-19,22H,4-15H2,1-3H3. The van der Waals surface area contributed by atoms with Crippen LogP contribution in [0.5, 0.6) is 0 Å². The second kappa shape index (κ2) is 7.04. The van der Waals surface area contributed by atoms with Crippen LogP contribution >= 0.6 is 0 Å². The topological polar surface area (TPSA) is 32.8 Å². The Balaban J connectivity index is 1.63. The number of aliphatic hydroxyl groups is 1. The molecule has 2 saturated carbocycles. The minimum atomic E-state index is -0.415. The van der Waals surface area contributed by atoms with Crippen molar-refractivity contribution in [1.29, 1.82) is 0 Å². The molecule has 0 spiro atoms. The molecule has 134 valence electrons. The van der Waals surface area contributed by atoms with E-state index < -0.39 is 5.60 Å². The van der Waals surface area contributed by atoms with Gasteiger partial charge in [0.25, 0.3) is 0 Å². The smallest absolute Gasteiger partial charge is 0.0923 e. The van der Waals surface area contributed by atoms with Gasteiger partial charge in [0.1, 0.15) is 0 Å². The van der Waals surface area contributed by atoms with Crippen LogP contribution in [0.15, 0.2) is 0 Å². The van der Waals surface area contributed by atoms with Gasteiger partial charge < -0.3 is 9.84 Å². The van der Waals surface area contributed by atoms with Gasteiger partial charge >= 0.3 is 0 Å². The van der Waals surface area contributed by atoms with Gasteiger partial charge in [-0.2, -0.15) is 0 Å². The molecular weight excluding hydrogens is 284 g/mol. The van der Waals surface area contributed by atoms with Crippen molar-refractivity contribution in [3.05, 3.63) is 0 Å². The molecular formula is C21H38O2. The minimum absolute atomic E-state index is 0.210. The van der Waals surface area contributed by atoms with Gasteiger partial charge in [-0.1, -0.05) is 39.0 Å². The zero-order valence-corrected chi connectivity index (χ0v) is 15.7. The molecule has 0 amide bonds. The first-order valence-electron chi connectivity index (χ1n) is 10.3. The van der Waals surface area contributed by atoms with Crippen LogP contribution in [0.2, 0.25) is 0 Å². The summed E-state index contributed by atoms with van der Waals surface area (Å²) in [5.74, 6) is 2.39. The van der Waals surface area contributed by atoms with E-state index in [4.69, 9.17) is 4.74 Å². The van der Waals surface area contributed by atoms with E-state index in [-0.39, 0.29) is 5.60 Å². The maximum Gasteiger partial charge on any atom is 0.0923 e. The summed E-state index contributed by atoms with van der Waals surface area (Å²) in [7, 11) is 0. The number of hydrogen-bond donors (Lipinski definition) is 1. The van der Waals surface area contributed by atoms with Crippen LogP contribution in [0.1, 0.15) is 97.8 Å². The Morgan fingerprint density at radius 1 is 1.04 bits per heavy atom. The predicted molar refractivity (Wildman–Crippen MR) is 95.4 cm³/mol. The summed E-state index contributed by atoms with van der Waals surface area (Å²) in [6.45, 7) is 6.69. The van der Waals surface area contributed by atoms with Crippen LogP contribution in [-0.4, -0.2) is 22.4 Å². The van der Waals surface area contributed by atoms with E-state index in [1.54, 1.807) is 0 Å². The number of unbranched alkanes of at least 4 members (excludes halogenated alkanes) is 3. The molecule has 3 aliphatic rings. The number of fused-ring (bicyclic) bond motifs is 1. The third-order valence-electron chi connectivity index (χ3n) is 7.10. The van der Waals surface area contributed by atoms with Crippen LogP contribution in [-0.2, 0) is 4.74 Å². The number of hydrogen-bond acceptors (Lipinski definition) is 2. The molecule has 2 heteroatoms. The van der Waals surface area contributed by atoms with Crippen LogP contribution in [0.25, 0.3) is 0 Å². The van der Waals surface area contributed by atoms with Crippen molar-refractivity contribution in [1.82, 2.24) is 0 Å². The lowest BCUT2D eigenvalue weighted by atomic mass is 9.64. The number of rotatable bonds is 7. The zero-order chi connectivity index (χ0) is 16.5. The monoisotopic (exact) mass is 322 g/mol. The first-order chi connectivity index (χ1) is 10.9. The Morgan fingerprint density at radius 3 is 2.52 bits per heavy atom. The zero-order valence-electron chi connectivity index (χ0n) is 15.7. The molecule has 23 heavy (non-hydrogen) atoms. The molecule has 6 unspecified atom stereocenters. The predicted octanol–water partition coefficient (Wildman–Crippen LogP) is 5.47. The average Bonchev–Trinajstić information content (AvgIpc) is 3.16. The van der Waals surface area contributed by atoms with Gasteiger partial charge in [0.15, 0.2) is 0 Å². The van der Waals surface area contributed by atoms with Crippen molar-refractivity contribution >= 4 is 0 Å². The van der Waals surface area contributed by atoms with Gasteiger partial charge in [-0.15, -0.1) is 0 Å². The molecule has 0 aromatic carbocycles. The van der Waals surface area contributed by atoms with E-state index in [1.165, 1.54) is 64.2 Å². The molecule has 0 bridgehead atoms. The summed E-state index contributed by atoms with van der Waals surface area (Å²) in [5.41, 5.74) is -0.205. The van der Waals surface area contributed by atoms with Gasteiger partial charge in [0.2, 0.25) is 0 Å². The minimum Gasteiger partial charge on any atom is -0.390 e. The maximum absolute atomic E-state index is 10.6. The molecule has 1 saturated heterocycles. The van der Waals surface area contributed by atoms with E-state index in [9.17, 15) is 5.11 Å². The molecule has 0 radical (unpaired) electrons. The van der Waals surface area contributed by atoms with E-state index in [2.05, 4.69) is 20.8 Å². The summed E-state index contributed by atoms with van der Waals surface area (Å²) in [6.07, 6.45) is 15.9. The van der Waals surface area contributed by atoms with Gasteiger partial charge in [-0.05, 0) is 76.5 Å². The largest absolute Gasteiger partial charge is 0.390 e. The maximum atomic E-state index is 10.6. The third kappa shape index (κ3) is 4.31. The normalized spacial score (nSPS) is 44.6. The molecule has 0 aromatic heterocycles. The van der Waals surface area contributed by atoms with Gasteiger partial charge in [-0.3, -0.25) is 0 Å². The fraction of sp³-hybridized carbons (Fsp3) is 1.00. The van der Waals surface area contributed by atoms with Crippen LogP contribution in [0.4, 0.5) is 0 Å². The van der Waals surface area contributed by atoms with E-state index in [1.807, 2.05) is 0 Å².